The largest absolute Gasteiger partial charge is 0.493 e. The summed E-state index contributed by atoms with van der Waals surface area (Å²) in [4.78, 5) is 6.95. The highest BCUT2D eigenvalue weighted by Crippen LogP contribution is 2.29. The number of methoxy groups -OCH3 is 1. The molecule has 2 aromatic rings. The van der Waals surface area contributed by atoms with E-state index in [4.69, 9.17) is 9.47 Å². The van der Waals surface area contributed by atoms with Gasteiger partial charge < -0.3 is 19.5 Å². The van der Waals surface area contributed by atoms with Crippen molar-refractivity contribution in [3.05, 3.63) is 41.7 Å². The zero-order valence-corrected chi connectivity index (χ0v) is 19.3. The molecule has 1 aromatic heterocycles. The van der Waals surface area contributed by atoms with Crippen LogP contribution in [0.4, 0.5) is 0 Å². The van der Waals surface area contributed by atoms with Gasteiger partial charge in [-0.25, -0.2) is 0 Å². The second kappa shape index (κ2) is 11.5. The molecule has 0 amide bonds. The monoisotopic (exact) mass is 431 g/mol. The van der Waals surface area contributed by atoms with Crippen molar-refractivity contribution in [3.63, 3.8) is 0 Å². The maximum Gasteiger partial charge on any atom is 0.161 e. The summed E-state index contributed by atoms with van der Waals surface area (Å²) in [5.41, 5.74) is 2.34. The highest BCUT2D eigenvalue weighted by Gasteiger charge is 2.18. The molecule has 0 spiro atoms. The molecule has 1 aliphatic heterocycles. The first kappa shape index (κ1) is 23.5. The number of aliphatic hydroxyl groups excluding tert-OH is 1. The maximum absolute atomic E-state index is 10.5. The molecule has 1 saturated heterocycles. The van der Waals surface area contributed by atoms with E-state index in [1.807, 2.05) is 36.3 Å². The van der Waals surface area contributed by atoms with Crippen LogP contribution in [0.5, 0.6) is 11.5 Å². The van der Waals surface area contributed by atoms with E-state index in [2.05, 4.69) is 39.8 Å². The third-order valence-corrected chi connectivity index (χ3v) is 5.74. The molecule has 3 rings (SSSR count). The number of benzene rings is 1. The molecule has 1 N–H and O–H groups in total. The highest BCUT2D eigenvalue weighted by atomic mass is 16.5. The van der Waals surface area contributed by atoms with Crippen LogP contribution in [-0.2, 0) is 20.1 Å². The molecule has 172 valence electrons. The number of piperazine rings is 1. The number of ether oxygens (including phenoxy) is 2. The van der Waals surface area contributed by atoms with E-state index in [0.717, 1.165) is 51.4 Å². The van der Waals surface area contributed by atoms with Crippen molar-refractivity contribution in [3.8, 4) is 11.5 Å². The van der Waals surface area contributed by atoms with Gasteiger partial charge in [-0.1, -0.05) is 13.0 Å². The topological polar surface area (TPSA) is 66.2 Å². The Morgan fingerprint density at radius 1 is 1.10 bits per heavy atom. The lowest BCUT2D eigenvalue weighted by Gasteiger charge is -2.33. The average Bonchev–Trinajstić information content (AvgIpc) is 3.18. The second-order valence-electron chi connectivity index (χ2n) is 8.38. The minimum atomic E-state index is -0.533. The molecule has 8 heteroatoms. The van der Waals surface area contributed by atoms with Crippen LogP contribution in [0, 0.1) is 0 Å². The summed E-state index contributed by atoms with van der Waals surface area (Å²) < 4.78 is 13.3. The number of aliphatic hydroxyl groups is 1. The Morgan fingerprint density at radius 3 is 2.48 bits per heavy atom. The summed E-state index contributed by atoms with van der Waals surface area (Å²) in [7, 11) is 5.71. The molecular weight excluding hydrogens is 394 g/mol. The van der Waals surface area contributed by atoms with Crippen LogP contribution < -0.4 is 9.47 Å². The van der Waals surface area contributed by atoms with E-state index in [1.54, 1.807) is 7.11 Å². The molecule has 1 atom stereocenters. The van der Waals surface area contributed by atoms with Gasteiger partial charge in [0.05, 0.1) is 13.3 Å². The van der Waals surface area contributed by atoms with E-state index < -0.39 is 6.10 Å². The molecule has 1 aromatic carbocycles. The lowest BCUT2D eigenvalue weighted by atomic mass is 10.1. The number of hydrogen-bond acceptors (Lipinski definition) is 7. The summed E-state index contributed by atoms with van der Waals surface area (Å²) in [6.07, 6.45) is 3.43. The van der Waals surface area contributed by atoms with Gasteiger partial charge in [0.1, 0.15) is 12.7 Å². The fourth-order valence-electron chi connectivity index (χ4n) is 3.85. The number of β-amino-alcohol motifs (C(OH)–C–C–N with tert-alkyl or cyclic N) is 1. The molecule has 0 saturated carbocycles. The molecular formula is C23H37N5O3. The summed E-state index contributed by atoms with van der Waals surface area (Å²) in [5.74, 6) is 1.36. The minimum absolute atomic E-state index is 0.249. The van der Waals surface area contributed by atoms with Gasteiger partial charge in [-0.05, 0) is 31.3 Å². The average molecular weight is 432 g/mol. The lowest BCUT2D eigenvalue weighted by molar-refractivity contribution is 0.0497. The van der Waals surface area contributed by atoms with E-state index in [1.165, 1.54) is 5.56 Å². The number of hydrogen-bond donors (Lipinski definition) is 1. The van der Waals surface area contributed by atoms with E-state index in [-0.39, 0.29) is 6.61 Å². The van der Waals surface area contributed by atoms with Crippen molar-refractivity contribution in [2.75, 3.05) is 60.0 Å². The molecule has 31 heavy (non-hydrogen) atoms. The summed E-state index contributed by atoms with van der Waals surface area (Å²) in [6.45, 7) is 9.65. The Bertz CT molecular complexity index is 804. The lowest BCUT2D eigenvalue weighted by Crippen LogP contribution is -2.47. The fourth-order valence-corrected chi connectivity index (χ4v) is 3.85. The Hall–Kier alpha value is -2.13. The van der Waals surface area contributed by atoms with Crippen molar-refractivity contribution in [2.45, 2.75) is 26.1 Å². The van der Waals surface area contributed by atoms with Gasteiger partial charge in [-0.2, -0.15) is 5.10 Å². The maximum atomic E-state index is 10.5. The van der Waals surface area contributed by atoms with Crippen LogP contribution >= 0.6 is 0 Å². The van der Waals surface area contributed by atoms with E-state index in [0.29, 0.717) is 18.0 Å². The molecule has 0 unspecified atom stereocenters. The Balaban J connectivity index is 1.56. The number of aryl methyl sites for hydroxylation is 1. The first-order chi connectivity index (χ1) is 15.0. The molecule has 0 aliphatic carbocycles. The molecule has 0 radical (unpaired) electrons. The molecule has 1 aliphatic rings. The normalized spacial score (nSPS) is 16.6. The number of likely N-dealkylation sites (N-methyl/N-ethyl adjacent to an activating group) is 1. The predicted molar refractivity (Wildman–Crippen MR) is 121 cm³/mol. The first-order valence-electron chi connectivity index (χ1n) is 11.1. The van der Waals surface area contributed by atoms with Crippen LogP contribution in [0.3, 0.4) is 0 Å². The first-order valence-corrected chi connectivity index (χ1v) is 11.1. The van der Waals surface area contributed by atoms with Crippen molar-refractivity contribution >= 4 is 0 Å². The van der Waals surface area contributed by atoms with Crippen LogP contribution in [-0.4, -0.2) is 95.7 Å². The van der Waals surface area contributed by atoms with Crippen LogP contribution in [0.15, 0.2) is 30.6 Å². The van der Waals surface area contributed by atoms with Gasteiger partial charge in [-0.15, -0.1) is 0 Å². The zero-order chi connectivity index (χ0) is 22.2. The van der Waals surface area contributed by atoms with Crippen LogP contribution in [0.25, 0.3) is 0 Å². The zero-order valence-electron chi connectivity index (χ0n) is 19.3. The van der Waals surface area contributed by atoms with Gasteiger partial charge in [0.15, 0.2) is 11.5 Å². The quantitative estimate of drug-likeness (QED) is 0.577. The Kier molecular flexibility index (Phi) is 8.71. The molecule has 8 nitrogen and oxygen atoms in total. The number of aromatic nitrogens is 2. The van der Waals surface area contributed by atoms with Crippen molar-refractivity contribution < 1.29 is 14.6 Å². The number of rotatable bonds is 11. The van der Waals surface area contributed by atoms with Gasteiger partial charge in [0.25, 0.3) is 0 Å². The Labute approximate surface area is 185 Å². The van der Waals surface area contributed by atoms with E-state index in [9.17, 15) is 5.11 Å². The third-order valence-electron chi connectivity index (χ3n) is 5.74. The summed E-state index contributed by atoms with van der Waals surface area (Å²) in [5, 5.41) is 14.7. The summed E-state index contributed by atoms with van der Waals surface area (Å²) >= 11 is 0. The fraction of sp³-hybridized carbons (Fsp3) is 0.609. The third kappa shape index (κ3) is 7.21. The SMILES string of the molecule is CCN(Cc1ccc(OC)c(OC[C@H](O)CN2CCN(C)CC2)c1)Cc1cnn(C)c1. The standard InChI is InChI=1S/C23H37N5O3/c1-5-27(16-20-13-24-26(3)14-20)15-19-6-7-22(30-4)23(12-19)31-18-21(29)17-28-10-8-25(2)9-11-28/h6-7,12-14,21,29H,5,8-11,15-18H2,1-4H3/t21-/m1/s1. The number of nitrogens with zero attached hydrogens (tertiary/aromatic N) is 5. The van der Waals surface area contributed by atoms with Crippen LogP contribution in [0.2, 0.25) is 0 Å². The Morgan fingerprint density at radius 2 is 1.84 bits per heavy atom. The van der Waals surface area contributed by atoms with Crippen LogP contribution in [0.1, 0.15) is 18.1 Å². The van der Waals surface area contributed by atoms with Gasteiger partial charge >= 0.3 is 0 Å². The van der Waals surface area contributed by atoms with Gasteiger partial charge in [0, 0.05) is 64.6 Å². The second-order valence-corrected chi connectivity index (χ2v) is 8.38. The minimum Gasteiger partial charge on any atom is -0.493 e. The van der Waals surface area contributed by atoms with Crippen molar-refractivity contribution in [1.82, 2.24) is 24.5 Å². The molecule has 0 bridgehead atoms. The van der Waals surface area contributed by atoms with E-state index >= 15 is 0 Å². The van der Waals surface area contributed by atoms with Gasteiger partial charge in [-0.3, -0.25) is 14.5 Å². The van der Waals surface area contributed by atoms with Gasteiger partial charge in [0.2, 0.25) is 0 Å². The highest BCUT2D eigenvalue weighted by molar-refractivity contribution is 5.43. The molecule has 2 heterocycles. The smallest absolute Gasteiger partial charge is 0.161 e. The predicted octanol–water partition coefficient (Wildman–Crippen LogP) is 1.44. The molecule has 1 fully saturated rings. The van der Waals surface area contributed by atoms with Crippen molar-refractivity contribution in [2.24, 2.45) is 7.05 Å². The summed E-state index contributed by atoms with van der Waals surface area (Å²) in [6, 6.07) is 6.03. The van der Waals surface area contributed by atoms with Crippen molar-refractivity contribution in [1.29, 1.82) is 0 Å².